The molecule has 2 heterocycles. The molecule has 1 atom stereocenters. The fraction of sp³-hybridized carbons (Fsp3) is 0.455. The quantitative estimate of drug-likeness (QED) is 0.720. The van der Waals surface area contributed by atoms with Gasteiger partial charge in [-0.05, 0) is 51.3 Å². The van der Waals surface area contributed by atoms with E-state index in [2.05, 4.69) is 10.3 Å². The third kappa shape index (κ3) is 6.49. The first-order valence-electron chi connectivity index (χ1n) is 9.96. The first-order valence-corrected chi connectivity index (χ1v) is 10.3. The Kier molecular flexibility index (Phi) is 7.02. The predicted octanol–water partition coefficient (Wildman–Crippen LogP) is 4.95. The van der Waals surface area contributed by atoms with Gasteiger partial charge in [-0.3, -0.25) is 0 Å². The number of anilines is 1. The fourth-order valence-corrected chi connectivity index (χ4v) is 3.46. The van der Waals surface area contributed by atoms with Crippen LogP contribution in [0.3, 0.4) is 0 Å². The van der Waals surface area contributed by atoms with E-state index in [1.54, 1.807) is 24.4 Å². The number of piperidine rings is 1. The summed E-state index contributed by atoms with van der Waals surface area (Å²) in [6.45, 7) is 7.32. The van der Waals surface area contributed by atoms with E-state index in [0.29, 0.717) is 29.7 Å². The average Bonchev–Trinajstić information content (AvgIpc) is 2.66. The van der Waals surface area contributed by atoms with Crippen molar-refractivity contribution < 1.29 is 18.7 Å². The molecule has 162 valence electrons. The van der Waals surface area contributed by atoms with Gasteiger partial charge in [0.1, 0.15) is 30.1 Å². The van der Waals surface area contributed by atoms with E-state index >= 15 is 0 Å². The maximum absolute atomic E-state index is 13.0. The van der Waals surface area contributed by atoms with E-state index in [-0.39, 0.29) is 17.5 Å². The van der Waals surface area contributed by atoms with Gasteiger partial charge in [-0.25, -0.2) is 14.2 Å². The minimum atomic E-state index is -0.419. The third-order valence-corrected chi connectivity index (χ3v) is 4.82. The van der Waals surface area contributed by atoms with E-state index in [1.807, 2.05) is 25.7 Å². The van der Waals surface area contributed by atoms with Crippen molar-refractivity contribution in [2.45, 2.75) is 51.9 Å². The number of nitrogens with one attached hydrogen (secondary N) is 1. The molecule has 2 aromatic rings. The Morgan fingerprint density at radius 2 is 2.07 bits per heavy atom. The van der Waals surface area contributed by atoms with E-state index in [0.717, 1.165) is 24.9 Å². The van der Waals surface area contributed by atoms with Crippen LogP contribution in [0, 0.1) is 5.82 Å². The molecule has 0 saturated carbocycles. The second-order valence-corrected chi connectivity index (χ2v) is 8.79. The van der Waals surface area contributed by atoms with Gasteiger partial charge in [0.2, 0.25) is 0 Å². The van der Waals surface area contributed by atoms with Gasteiger partial charge in [0, 0.05) is 18.2 Å². The number of hydrogen-bond acceptors (Lipinski definition) is 5. The van der Waals surface area contributed by atoms with Crippen LogP contribution in [0.5, 0.6) is 5.75 Å². The van der Waals surface area contributed by atoms with Gasteiger partial charge in [0.15, 0.2) is 0 Å². The van der Waals surface area contributed by atoms with Crippen molar-refractivity contribution in [3.63, 3.8) is 0 Å². The number of nitrogens with zero attached hydrogens (tertiary/aromatic N) is 2. The van der Waals surface area contributed by atoms with Gasteiger partial charge in [-0.1, -0.05) is 23.7 Å². The molecule has 30 heavy (non-hydrogen) atoms. The van der Waals surface area contributed by atoms with Crippen LogP contribution in [0.25, 0.3) is 0 Å². The first kappa shape index (κ1) is 22.2. The number of benzene rings is 1. The molecule has 1 amide bonds. The molecule has 0 radical (unpaired) electrons. The zero-order valence-corrected chi connectivity index (χ0v) is 18.2. The topological polar surface area (TPSA) is 63.7 Å². The van der Waals surface area contributed by atoms with Crippen LogP contribution in [0.1, 0.15) is 39.2 Å². The molecule has 0 aliphatic carbocycles. The Balaban J connectivity index is 1.58. The number of amides is 1. The highest BCUT2D eigenvalue weighted by Gasteiger charge is 2.26. The lowest BCUT2D eigenvalue weighted by Gasteiger charge is -2.34. The molecule has 1 saturated heterocycles. The third-order valence-electron chi connectivity index (χ3n) is 4.54. The predicted molar refractivity (Wildman–Crippen MR) is 115 cm³/mol. The van der Waals surface area contributed by atoms with Crippen molar-refractivity contribution in [2.24, 2.45) is 0 Å². The second-order valence-electron chi connectivity index (χ2n) is 8.38. The SMILES string of the molecule is CC(C)(C)NC(=O)O[C@@H]1CCCN(c2ncc(OCc3ccc(F)cc3)cc2Cl)C1. The smallest absolute Gasteiger partial charge is 0.407 e. The largest absolute Gasteiger partial charge is 0.487 e. The molecule has 1 aromatic heterocycles. The summed E-state index contributed by atoms with van der Waals surface area (Å²) in [6, 6.07) is 7.84. The van der Waals surface area contributed by atoms with Crippen molar-refractivity contribution in [1.29, 1.82) is 0 Å². The van der Waals surface area contributed by atoms with Crippen LogP contribution in [-0.4, -0.2) is 35.8 Å². The Morgan fingerprint density at radius 1 is 1.33 bits per heavy atom. The van der Waals surface area contributed by atoms with Crippen LogP contribution in [0.2, 0.25) is 5.02 Å². The molecule has 0 spiro atoms. The summed E-state index contributed by atoms with van der Waals surface area (Å²) in [6.07, 6.45) is 2.63. The lowest BCUT2D eigenvalue weighted by atomic mass is 10.1. The Morgan fingerprint density at radius 3 is 2.73 bits per heavy atom. The summed E-state index contributed by atoms with van der Waals surface area (Å²) >= 11 is 6.45. The minimum Gasteiger partial charge on any atom is -0.487 e. The van der Waals surface area contributed by atoms with E-state index in [9.17, 15) is 9.18 Å². The highest BCUT2D eigenvalue weighted by Crippen LogP contribution is 2.30. The molecule has 6 nitrogen and oxygen atoms in total. The van der Waals surface area contributed by atoms with Crippen molar-refractivity contribution in [3.05, 3.63) is 52.9 Å². The van der Waals surface area contributed by atoms with Gasteiger partial charge in [0.05, 0.1) is 17.8 Å². The lowest BCUT2D eigenvalue weighted by molar-refractivity contribution is 0.0825. The lowest BCUT2D eigenvalue weighted by Crippen LogP contribution is -2.46. The first-order chi connectivity index (χ1) is 14.2. The second kappa shape index (κ2) is 9.51. The highest BCUT2D eigenvalue weighted by atomic mass is 35.5. The summed E-state index contributed by atoms with van der Waals surface area (Å²) in [5.41, 5.74) is 0.501. The van der Waals surface area contributed by atoms with Gasteiger partial charge >= 0.3 is 6.09 Å². The summed E-state index contributed by atoms with van der Waals surface area (Å²) in [4.78, 5) is 18.5. The van der Waals surface area contributed by atoms with E-state index < -0.39 is 6.09 Å². The monoisotopic (exact) mass is 435 g/mol. The maximum atomic E-state index is 13.0. The molecule has 0 bridgehead atoms. The molecule has 1 aliphatic heterocycles. The molecule has 1 N–H and O–H groups in total. The van der Waals surface area contributed by atoms with Gasteiger partial charge in [-0.2, -0.15) is 0 Å². The molecule has 3 rings (SSSR count). The van der Waals surface area contributed by atoms with Crippen LogP contribution in [0.4, 0.5) is 15.0 Å². The van der Waals surface area contributed by atoms with Gasteiger partial charge < -0.3 is 19.7 Å². The number of carbonyl (C=O) groups excluding carboxylic acids is 1. The Hall–Kier alpha value is -2.54. The van der Waals surface area contributed by atoms with Crippen LogP contribution in [-0.2, 0) is 11.3 Å². The summed E-state index contributed by atoms with van der Waals surface area (Å²) < 4.78 is 24.3. The summed E-state index contributed by atoms with van der Waals surface area (Å²) in [7, 11) is 0. The molecule has 1 aromatic carbocycles. The molecule has 0 unspecified atom stereocenters. The number of alkyl carbamates (subject to hydrolysis) is 1. The zero-order chi connectivity index (χ0) is 21.7. The van der Waals surface area contributed by atoms with Gasteiger partial charge in [0.25, 0.3) is 0 Å². The molecule has 1 aliphatic rings. The number of ether oxygens (including phenoxy) is 2. The molecule has 1 fully saturated rings. The van der Waals surface area contributed by atoms with E-state index in [1.165, 1.54) is 12.1 Å². The maximum Gasteiger partial charge on any atom is 0.407 e. The Bertz CT molecular complexity index is 871. The number of aromatic nitrogens is 1. The van der Waals surface area contributed by atoms with Crippen molar-refractivity contribution in [3.8, 4) is 5.75 Å². The summed E-state index contributed by atoms with van der Waals surface area (Å²) in [5.74, 6) is 0.880. The van der Waals surface area contributed by atoms with Crippen molar-refractivity contribution in [2.75, 3.05) is 18.0 Å². The minimum absolute atomic E-state index is 0.228. The number of carbonyl (C=O) groups is 1. The Labute approximate surface area is 181 Å². The molecule has 8 heteroatoms. The molecular formula is C22H27ClFN3O3. The molecular weight excluding hydrogens is 409 g/mol. The van der Waals surface area contributed by atoms with Gasteiger partial charge in [-0.15, -0.1) is 0 Å². The van der Waals surface area contributed by atoms with E-state index in [4.69, 9.17) is 21.1 Å². The normalized spacial score (nSPS) is 16.8. The average molecular weight is 436 g/mol. The van der Waals surface area contributed by atoms with Crippen LogP contribution in [0.15, 0.2) is 36.5 Å². The number of pyridine rings is 1. The van der Waals surface area contributed by atoms with Crippen molar-refractivity contribution >= 4 is 23.5 Å². The van der Waals surface area contributed by atoms with Crippen LogP contribution < -0.4 is 15.0 Å². The van der Waals surface area contributed by atoms with Crippen molar-refractivity contribution in [1.82, 2.24) is 10.3 Å². The van der Waals surface area contributed by atoms with Crippen LogP contribution >= 0.6 is 11.6 Å². The highest BCUT2D eigenvalue weighted by molar-refractivity contribution is 6.33. The number of rotatable bonds is 5. The zero-order valence-electron chi connectivity index (χ0n) is 17.5. The number of hydrogen-bond donors (Lipinski definition) is 1. The summed E-state index contributed by atoms with van der Waals surface area (Å²) in [5, 5.41) is 3.28. The standard InChI is InChI=1S/C22H27ClFN3O3/c1-22(2,3)26-21(28)30-17-5-4-10-27(13-17)20-19(23)11-18(12-25-20)29-14-15-6-8-16(24)9-7-15/h6-9,11-12,17H,4-5,10,13-14H2,1-3H3,(H,26,28)/t17-/m1/s1. The number of halogens is 2. The fourth-order valence-electron chi connectivity index (χ4n) is 3.19.